The van der Waals surface area contributed by atoms with Crippen LogP contribution in [0.5, 0.6) is 0 Å². The Hall–Kier alpha value is -2.98. The van der Waals surface area contributed by atoms with Crippen molar-refractivity contribution in [1.82, 2.24) is 4.98 Å². The van der Waals surface area contributed by atoms with Crippen molar-refractivity contribution < 1.29 is 4.79 Å². The molecule has 4 heteroatoms. The molecule has 0 radical (unpaired) electrons. The Kier molecular flexibility index (Phi) is 5.45. The molecule has 0 saturated carbocycles. The maximum Gasteiger partial charge on any atom is 0.233 e. The number of carbonyl (C=O) groups is 1. The molecule has 3 aromatic carbocycles. The number of anilines is 1. The number of hydrogen-bond acceptors (Lipinski definition) is 3. The molecular weight excluding hydrogens is 376 g/mol. The van der Waals surface area contributed by atoms with Crippen LogP contribution in [0.3, 0.4) is 0 Å². The molecule has 0 aliphatic heterocycles. The standard InChI is InChI=1S/C25H24N2OS/c1-17-8-7-11-21(13-17)15-23(28)27(16-20-9-5-4-6-10-20)25-26-22-14-18(2)12-19(3)24(22)29-25/h4-14H,15-16H2,1-3H3. The van der Waals surface area contributed by atoms with Gasteiger partial charge in [0.05, 0.1) is 23.2 Å². The minimum absolute atomic E-state index is 0.0629. The van der Waals surface area contributed by atoms with E-state index in [0.29, 0.717) is 13.0 Å². The van der Waals surface area contributed by atoms with Gasteiger partial charge in [-0.1, -0.05) is 77.6 Å². The maximum absolute atomic E-state index is 13.4. The van der Waals surface area contributed by atoms with E-state index in [1.807, 2.05) is 48.2 Å². The molecule has 1 aromatic heterocycles. The number of thiazole rings is 1. The van der Waals surface area contributed by atoms with E-state index in [1.54, 1.807) is 11.3 Å². The smallest absolute Gasteiger partial charge is 0.233 e. The van der Waals surface area contributed by atoms with Gasteiger partial charge in [-0.15, -0.1) is 0 Å². The predicted octanol–water partition coefficient (Wildman–Crippen LogP) is 6.00. The van der Waals surface area contributed by atoms with E-state index in [0.717, 1.165) is 32.0 Å². The minimum Gasteiger partial charge on any atom is -0.283 e. The lowest BCUT2D eigenvalue weighted by Crippen LogP contribution is -2.31. The van der Waals surface area contributed by atoms with Crippen molar-refractivity contribution in [2.75, 3.05) is 4.90 Å². The van der Waals surface area contributed by atoms with Crippen LogP contribution in [0.2, 0.25) is 0 Å². The fourth-order valence-electron chi connectivity index (χ4n) is 3.60. The number of aryl methyl sites for hydroxylation is 3. The summed E-state index contributed by atoms with van der Waals surface area (Å²) in [6.45, 7) is 6.75. The number of rotatable bonds is 5. The molecule has 0 N–H and O–H groups in total. The van der Waals surface area contributed by atoms with Crippen LogP contribution >= 0.6 is 11.3 Å². The Balaban J connectivity index is 1.72. The minimum atomic E-state index is 0.0629. The first-order valence-electron chi connectivity index (χ1n) is 9.77. The number of aromatic nitrogens is 1. The second kappa shape index (κ2) is 8.18. The van der Waals surface area contributed by atoms with Gasteiger partial charge in [-0.05, 0) is 49.1 Å². The quantitative estimate of drug-likeness (QED) is 0.412. The van der Waals surface area contributed by atoms with Crippen LogP contribution in [-0.2, 0) is 17.8 Å². The van der Waals surface area contributed by atoms with Crippen LogP contribution in [0.25, 0.3) is 10.2 Å². The molecule has 0 aliphatic rings. The average molecular weight is 401 g/mol. The zero-order valence-corrected chi connectivity index (χ0v) is 17.8. The molecular formula is C25H24N2OS. The Labute approximate surface area is 175 Å². The van der Waals surface area contributed by atoms with Gasteiger partial charge >= 0.3 is 0 Å². The third-order valence-electron chi connectivity index (χ3n) is 4.96. The van der Waals surface area contributed by atoms with Gasteiger partial charge in [0.2, 0.25) is 5.91 Å². The van der Waals surface area contributed by atoms with Crippen LogP contribution in [0.4, 0.5) is 5.13 Å². The van der Waals surface area contributed by atoms with Crippen molar-refractivity contribution in [3.8, 4) is 0 Å². The summed E-state index contributed by atoms with van der Waals surface area (Å²) < 4.78 is 1.15. The highest BCUT2D eigenvalue weighted by Gasteiger charge is 2.21. The average Bonchev–Trinajstić information content (AvgIpc) is 3.11. The largest absolute Gasteiger partial charge is 0.283 e. The molecule has 0 atom stereocenters. The van der Waals surface area contributed by atoms with Crippen LogP contribution in [0.15, 0.2) is 66.7 Å². The second-order valence-corrected chi connectivity index (χ2v) is 8.54. The summed E-state index contributed by atoms with van der Waals surface area (Å²) in [4.78, 5) is 20.0. The fraction of sp³-hybridized carbons (Fsp3) is 0.200. The van der Waals surface area contributed by atoms with Crippen LogP contribution in [-0.4, -0.2) is 10.9 Å². The molecule has 1 amide bonds. The van der Waals surface area contributed by atoms with Gasteiger partial charge < -0.3 is 0 Å². The monoisotopic (exact) mass is 400 g/mol. The first-order chi connectivity index (χ1) is 14.0. The Morgan fingerprint density at radius 3 is 2.41 bits per heavy atom. The molecule has 0 aliphatic carbocycles. The molecule has 4 aromatic rings. The van der Waals surface area contributed by atoms with Gasteiger partial charge in [0.25, 0.3) is 0 Å². The summed E-state index contributed by atoms with van der Waals surface area (Å²) in [5, 5.41) is 0.759. The van der Waals surface area contributed by atoms with Gasteiger partial charge in [-0.2, -0.15) is 0 Å². The second-order valence-electron chi connectivity index (χ2n) is 7.56. The lowest BCUT2D eigenvalue weighted by atomic mass is 10.1. The van der Waals surface area contributed by atoms with E-state index in [2.05, 4.69) is 44.2 Å². The number of hydrogen-bond donors (Lipinski definition) is 0. The van der Waals surface area contributed by atoms with Gasteiger partial charge in [0.1, 0.15) is 0 Å². The number of nitrogens with zero attached hydrogens (tertiary/aromatic N) is 2. The number of benzene rings is 3. The molecule has 3 nitrogen and oxygen atoms in total. The first kappa shape index (κ1) is 19.3. The Bertz CT molecular complexity index is 1160. The molecule has 29 heavy (non-hydrogen) atoms. The lowest BCUT2D eigenvalue weighted by Gasteiger charge is -2.20. The number of carbonyl (C=O) groups excluding carboxylic acids is 1. The zero-order chi connectivity index (χ0) is 20.4. The van der Waals surface area contributed by atoms with E-state index < -0.39 is 0 Å². The maximum atomic E-state index is 13.4. The van der Waals surface area contributed by atoms with Gasteiger partial charge in [-0.3, -0.25) is 9.69 Å². The highest BCUT2D eigenvalue weighted by Crippen LogP contribution is 2.33. The molecule has 146 valence electrons. The van der Waals surface area contributed by atoms with Gasteiger partial charge in [0.15, 0.2) is 5.13 Å². The van der Waals surface area contributed by atoms with E-state index in [9.17, 15) is 4.79 Å². The predicted molar refractivity (Wildman–Crippen MR) is 122 cm³/mol. The SMILES string of the molecule is Cc1cccc(CC(=O)N(Cc2ccccc2)c2nc3cc(C)cc(C)c3s2)c1. The molecule has 0 fully saturated rings. The van der Waals surface area contributed by atoms with E-state index >= 15 is 0 Å². The molecule has 0 spiro atoms. The van der Waals surface area contributed by atoms with Crippen molar-refractivity contribution >= 4 is 32.6 Å². The zero-order valence-electron chi connectivity index (χ0n) is 17.0. The van der Waals surface area contributed by atoms with Gasteiger partial charge in [-0.25, -0.2) is 4.98 Å². The summed E-state index contributed by atoms with van der Waals surface area (Å²) in [5.41, 5.74) is 6.64. The van der Waals surface area contributed by atoms with Gasteiger partial charge in [0, 0.05) is 0 Å². The van der Waals surface area contributed by atoms with Crippen LogP contribution in [0, 0.1) is 20.8 Å². The number of amides is 1. The summed E-state index contributed by atoms with van der Waals surface area (Å²) in [7, 11) is 0. The third-order valence-corrected chi connectivity index (χ3v) is 6.19. The molecule has 0 bridgehead atoms. The van der Waals surface area contributed by atoms with E-state index in [1.165, 1.54) is 11.1 Å². The van der Waals surface area contributed by atoms with Crippen molar-refractivity contribution in [3.63, 3.8) is 0 Å². The van der Waals surface area contributed by atoms with E-state index in [4.69, 9.17) is 4.98 Å². The summed E-state index contributed by atoms with van der Waals surface area (Å²) in [6.07, 6.45) is 0.364. The van der Waals surface area contributed by atoms with Crippen LogP contribution in [0.1, 0.15) is 27.8 Å². The summed E-state index contributed by atoms with van der Waals surface area (Å²) in [5.74, 6) is 0.0629. The Morgan fingerprint density at radius 1 is 0.897 bits per heavy atom. The highest BCUT2D eigenvalue weighted by molar-refractivity contribution is 7.22. The molecule has 4 rings (SSSR count). The normalized spacial score (nSPS) is 11.0. The topological polar surface area (TPSA) is 33.2 Å². The van der Waals surface area contributed by atoms with Crippen molar-refractivity contribution in [1.29, 1.82) is 0 Å². The summed E-state index contributed by atoms with van der Waals surface area (Å²) >= 11 is 1.60. The van der Waals surface area contributed by atoms with Crippen LogP contribution < -0.4 is 4.90 Å². The first-order valence-corrected chi connectivity index (χ1v) is 10.6. The Morgan fingerprint density at radius 2 is 1.66 bits per heavy atom. The van der Waals surface area contributed by atoms with Crippen molar-refractivity contribution in [2.45, 2.75) is 33.7 Å². The summed E-state index contributed by atoms with van der Waals surface area (Å²) in [6, 6.07) is 22.5. The third kappa shape index (κ3) is 4.38. The highest BCUT2D eigenvalue weighted by atomic mass is 32.1. The lowest BCUT2D eigenvalue weighted by molar-refractivity contribution is -0.118. The number of fused-ring (bicyclic) bond motifs is 1. The van der Waals surface area contributed by atoms with Crippen molar-refractivity contribution in [2.24, 2.45) is 0 Å². The van der Waals surface area contributed by atoms with Crippen molar-refractivity contribution in [3.05, 3.63) is 94.5 Å². The van der Waals surface area contributed by atoms with E-state index in [-0.39, 0.29) is 5.91 Å². The molecule has 1 heterocycles. The molecule has 0 saturated heterocycles. The molecule has 0 unspecified atom stereocenters. The fourth-order valence-corrected chi connectivity index (χ4v) is 4.63.